The fraction of sp³-hybridized carbons (Fsp3) is 0.167. The average molecular weight is 369 g/mol. The molecule has 0 radical (unpaired) electrons. The second-order valence-corrected chi connectivity index (χ2v) is 6.40. The number of thioether (sulfide) groups is 1. The van der Waals surface area contributed by atoms with Gasteiger partial charge in [-0.05, 0) is 24.3 Å². The Kier molecular flexibility index (Phi) is 4.74. The summed E-state index contributed by atoms with van der Waals surface area (Å²) in [6.45, 7) is 0.289. The van der Waals surface area contributed by atoms with E-state index in [0.29, 0.717) is 22.6 Å². The molecule has 8 heteroatoms. The van der Waals surface area contributed by atoms with Crippen molar-refractivity contribution in [2.45, 2.75) is 11.3 Å². The van der Waals surface area contributed by atoms with E-state index in [1.54, 1.807) is 0 Å². The first-order valence-corrected chi connectivity index (χ1v) is 8.96. The number of hydrogen-bond acceptors (Lipinski definition) is 7. The summed E-state index contributed by atoms with van der Waals surface area (Å²) in [6, 6.07) is 16.7. The smallest absolute Gasteiger partial charge is 0.277 e. The summed E-state index contributed by atoms with van der Waals surface area (Å²) in [6.07, 6.45) is -0.468. The molecule has 1 atom stereocenters. The predicted molar refractivity (Wildman–Crippen MR) is 95.4 cm³/mol. The highest BCUT2D eigenvalue weighted by Gasteiger charge is 2.27. The van der Waals surface area contributed by atoms with Crippen LogP contribution in [0.15, 0.2) is 64.2 Å². The van der Waals surface area contributed by atoms with Gasteiger partial charge in [-0.15, -0.1) is 10.2 Å². The van der Waals surface area contributed by atoms with E-state index in [2.05, 4.69) is 15.5 Å². The van der Waals surface area contributed by atoms with Crippen LogP contribution in [0.5, 0.6) is 11.5 Å². The normalized spacial score (nSPS) is 15.5. The lowest BCUT2D eigenvalue weighted by molar-refractivity contribution is -0.113. The van der Waals surface area contributed by atoms with Crippen LogP contribution in [0, 0.1) is 0 Å². The number of benzene rings is 2. The fourth-order valence-corrected chi connectivity index (χ4v) is 2.97. The lowest BCUT2D eigenvalue weighted by Crippen LogP contribution is -2.21. The third-order valence-corrected chi connectivity index (χ3v) is 4.41. The minimum atomic E-state index is -0.468. The Balaban J connectivity index is 1.33. The standard InChI is InChI=1S/C18H15N3O4S/c22-16(19-12-6-2-1-3-7-12)11-26-18-21-20-17(25-18)15-10-23-13-8-4-5-9-14(13)24-15/h1-9,15H,10-11H2,(H,19,22)/t15-/m1/s1. The van der Waals surface area contributed by atoms with Gasteiger partial charge >= 0.3 is 0 Å². The Bertz CT molecular complexity index is 900. The number of amides is 1. The van der Waals surface area contributed by atoms with Crippen LogP contribution >= 0.6 is 11.8 Å². The topological polar surface area (TPSA) is 86.5 Å². The van der Waals surface area contributed by atoms with Crippen LogP contribution < -0.4 is 14.8 Å². The van der Waals surface area contributed by atoms with Gasteiger partial charge in [-0.25, -0.2) is 0 Å². The number of carbonyl (C=O) groups excluding carboxylic acids is 1. The molecule has 0 spiro atoms. The molecule has 0 bridgehead atoms. The van der Waals surface area contributed by atoms with Crippen LogP contribution in [0.3, 0.4) is 0 Å². The van der Waals surface area contributed by atoms with Crippen LogP contribution in [-0.2, 0) is 4.79 Å². The molecule has 2 heterocycles. The number of aromatic nitrogens is 2. The zero-order valence-electron chi connectivity index (χ0n) is 13.6. The van der Waals surface area contributed by atoms with Gasteiger partial charge < -0.3 is 19.2 Å². The lowest BCUT2D eigenvalue weighted by Gasteiger charge is -2.23. The summed E-state index contributed by atoms with van der Waals surface area (Å²) >= 11 is 1.17. The second kappa shape index (κ2) is 7.49. The number of rotatable bonds is 5. The number of ether oxygens (including phenoxy) is 2. The summed E-state index contributed by atoms with van der Waals surface area (Å²) in [7, 11) is 0. The number of nitrogens with one attached hydrogen (secondary N) is 1. The molecule has 26 heavy (non-hydrogen) atoms. The largest absolute Gasteiger partial charge is 0.485 e. The minimum Gasteiger partial charge on any atom is -0.485 e. The molecule has 132 valence electrons. The highest BCUT2D eigenvalue weighted by molar-refractivity contribution is 7.99. The van der Waals surface area contributed by atoms with Gasteiger partial charge in [-0.1, -0.05) is 42.1 Å². The molecule has 2 aromatic carbocycles. The van der Waals surface area contributed by atoms with E-state index in [1.807, 2.05) is 54.6 Å². The minimum absolute atomic E-state index is 0.146. The zero-order valence-corrected chi connectivity index (χ0v) is 14.4. The van der Waals surface area contributed by atoms with E-state index < -0.39 is 6.10 Å². The maximum Gasteiger partial charge on any atom is 0.277 e. The predicted octanol–water partition coefficient (Wildman–Crippen LogP) is 3.31. The van der Waals surface area contributed by atoms with E-state index in [-0.39, 0.29) is 18.3 Å². The van der Waals surface area contributed by atoms with Gasteiger partial charge in [0.1, 0.15) is 6.61 Å². The van der Waals surface area contributed by atoms with Crippen molar-refractivity contribution >= 4 is 23.4 Å². The van der Waals surface area contributed by atoms with Crippen LogP contribution in [0.25, 0.3) is 0 Å². The Morgan fingerprint density at radius 3 is 2.69 bits per heavy atom. The second-order valence-electron chi connectivity index (χ2n) is 5.47. The van der Waals surface area contributed by atoms with Gasteiger partial charge in [-0.2, -0.15) is 0 Å². The van der Waals surface area contributed by atoms with Crippen LogP contribution in [-0.4, -0.2) is 28.5 Å². The van der Waals surface area contributed by atoms with Crippen molar-refractivity contribution in [2.75, 3.05) is 17.7 Å². The molecule has 4 rings (SSSR count). The highest BCUT2D eigenvalue weighted by atomic mass is 32.2. The monoisotopic (exact) mass is 369 g/mol. The molecular weight excluding hydrogens is 354 g/mol. The molecule has 0 saturated carbocycles. The zero-order chi connectivity index (χ0) is 17.8. The summed E-state index contributed by atoms with van der Waals surface area (Å²) in [5.74, 6) is 1.67. The third-order valence-electron chi connectivity index (χ3n) is 3.59. The van der Waals surface area contributed by atoms with E-state index in [4.69, 9.17) is 13.9 Å². The van der Waals surface area contributed by atoms with Crippen molar-refractivity contribution in [3.05, 3.63) is 60.5 Å². The molecule has 0 unspecified atom stereocenters. The number of nitrogens with zero attached hydrogens (tertiary/aromatic N) is 2. The number of carbonyl (C=O) groups is 1. The SMILES string of the molecule is O=C(CSc1nnc([C@H]2COc3ccccc3O2)o1)Nc1ccccc1. The van der Waals surface area contributed by atoms with Gasteiger partial charge in [0.15, 0.2) is 11.5 Å². The van der Waals surface area contributed by atoms with Crippen LogP contribution in [0.1, 0.15) is 12.0 Å². The first-order valence-electron chi connectivity index (χ1n) is 7.97. The van der Waals surface area contributed by atoms with Gasteiger partial charge in [0.05, 0.1) is 5.75 Å². The maximum atomic E-state index is 12.0. The Morgan fingerprint density at radius 2 is 1.85 bits per heavy atom. The van der Waals surface area contributed by atoms with E-state index in [1.165, 1.54) is 11.8 Å². The van der Waals surface area contributed by atoms with E-state index in [0.717, 1.165) is 5.69 Å². The summed E-state index contributed by atoms with van der Waals surface area (Å²) in [5.41, 5.74) is 0.746. The van der Waals surface area contributed by atoms with Gasteiger partial charge in [0, 0.05) is 5.69 Å². The van der Waals surface area contributed by atoms with Crippen molar-refractivity contribution in [3.8, 4) is 11.5 Å². The number of hydrogen-bond donors (Lipinski definition) is 1. The van der Waals surface area contributed by atoms with Gasteiger partial charge in [0.25, 0.3) is 11.1 Å². The molecule has 7 nitrogen and oxygen atoms in total. The quantitative estimate of drug-likeness (QED) is 0.690. The summed E-state index contributed by atoms with van der Waals surface area (Å²) in [5, 5.41) is 11.1. The van der Waals surface area contributed by atoms with Crippen LogP contribution in [0.4, 0.5) is 5.69 Å². The van der Waals surface area contributed by atoms with Crippen molar-refractivity contribution in [2.24, 2.45) is 0 Å². The van der Waals surface area contributed by atoms with Crippen molar-refractivity contribution < 1.29 is 18.7 Å². The molecule has 3 aromatic rings. The number of anilines is 1. The van der Waals surface area contributed by atoms with Crippen molar-refractivity contribution in [3.63, 3.8) is 0 Å². The maximum absolute atomic E-state index is 12.0. The van der Waals surface area contributed by atoms with E-state index >= 15 is 0 Å². The Morgan fingerprint density at radius 1 is 1.08 bits per heavy atom. The summed E-state index contributed by atoms with van der Waals surface area (Å²) < 4.78 is 17.1. The molecule has 0 saturated heterocycles. The molecule has 1 aliphatic heterocycles. The van der Waals surface area contributed by atoms with Crippen molar-refractivity contribution in [1.29, 1.82) is 0 Å². The summed E-state index contributed by atoms with van der Waals surface area (Å²) in [4.78, 5) is 12.0. The lowest BCUT2D eigenvalue weighted by atomic mass is 10.2. The van der Waals surface area contributed by atoms with Gasteiger partial charge in [0.2, 0.25) is 12.0 Å². The highest BCUT2D eigenvalue weighted by Crippen LogP contribution is 2.35. The molecule has 0 aliphatic carbocycles. The molecule has 1 aliphatic rings. The van der Waals surface area contributed by atoms with Crippen LogP contribution in [0.2, 0.25) is 0 Å². The first kappa shape index (κ1) is 16.5. The average Bonchev–Trinajstić information content (AvgIpc) is 3.16. The Labute approximate surface area is 153 Å². The molecule has 0 fully saturated rings. The molecule has 1 aromatic heterocycles. The fourth-order valence-electron chi connectivity index (χ4n) is 2.40. The van der Waals surface area contributed by atoms with E-state index in [9.17, 15) is 4.79 Å². The van der Waals surface area contributed by atoms with Crippen molar-refractivity contribution in [1.82, 2.24) is 10.2 Å². The molecular formula is C18H15N3O4S. The van der Waals surface area contributed by atoms with Gasteiger partial charge in [-0.3, -0.25) is 4.79 Å². The third kappa shape index (κ3) is 3.80. The molecule has 1 amide bonds. The number of fused-ring (bicyclic) bond motifs is 1. The first-order chi connectivity index (χ1) is 12.8. The number of para-hydroxylation sites is 3. The Hall–Kier alpha value is -3.00. The molecule has 1 N–H and O–H groups in total.